The lowest BCUT2D eigenvalue weighted by atomic mass is 9.84. The summed E-state index contributed by atoms with van der Waals surface area (Å²) in [6.07, 6.45) is 2.98. The Hall–Kier alpha value is -1.69. The molecule has 0 saturated heterocycles. The summed E-state index contributed by atoms with van der Waals surface area (Å²) in [5.74, 6) is -2.03. The van der Waals surface area contributed by atoms with Crippen LogP contribution in [0.5, 0.6) is 0 Å². The van der Waals surface area contributed by atoms with Crippen LogP contribution < -0.4 is 5.32 Å². The average Bonchev–Trinajstić information content (AvgIpc) is 2.33. The van der Waals surface area contributed by atoms with Gasteiger partial charge in [-0.3, -0.25) is 9.59 Å². The number of carboxylic acids is 1. The molecule has 0 saturated carbocycles. The lowest BCUT2D eigenvalue weighted by Crippen LogP contribution is -2.35. The zero-order chi connectivity index (χ0) is 15.3. The van der Waals surface area contributed by atoms with Gasteiger partial charge in [0.15, 0.2) is 0 Å². The van der Waals surface area contributed by atoms with Crippen molar-refractivity contribution >= 4 is 23.5 Å². The highest BCUT2D eigenvalue weighted by atomic mass is 35.5. The van der Waals surface area contributed by atoms with Crippen molar-refractivity contribution in [2.75, 3.05) is 6.54 Å². The number of carboxylic acid groups (broad SMARTS) is 1. The molecule has 1 amide bonds. The van der Waals surface area contributed by atoms with E-state index in [0.717, 1.165) is 0 Å². The minimum Gasteiger partial charge on any atom is -0.481 e. The maximum Gasteiger partial charge on any atom is 0.308 e. The molecule has 0 aliphatic rings. The molecule has 0 aromatic carbocycles. The van der Waals surface area contributed by atoms with E-state index in [0.29, 0.717) is 6.42 Å². The van der Waals surface area contributed by atoms with Crippen molar-refractivity contribution in [2.45, 2.75) is 27.2 Å². The van der Waals surface area contributed by atoms with Crippen LogP contribution in [0.1, 0.15) is 37.7 Å². The van der Waals surface area contributed by atoms with Crippen molar-refractivity contribution in [3.63, 3.8) is 0 Å². The van der Waals surface area contributed by atoms with E-state index in [1.807, 2.05) is 20.8 Å². The van der Waals surface area contributed by atoms with Gasteiger partial charge in [-0.05, 0) is 11.8 Å². The van der Waals surface area contributed by atoms with Crippen LogP contribution in [0.2, 0.25) is 5.15 Å². The molecule has 0 bridgehead atoms. The van der Waals surface area contributed by atoms with E-state index in [1.54, 1.807) is 0 Å². The summed E-state index contributed by atoms with van der Waals surface area (Å²) in [4.78, 5) is 30.5. The van der Waals surface area contributed by atoms with Crippen molar-refractivity contribution < 1.29 is 14.7 Å². The lowest BCUT2D eigenvalue weighted by Gasteiger charge is -2.23. The van der Waals surface area contributed by atoms with E-state index in [1.165, 1.54) is 12.4 Å². The van der Waals surface area contributed by atoms with Gasteiger partial charge in [0, 0.05) is 6.54 Å². The molecular formula is C13H18ClN3O3. The normalized spacial score (nSPS) is 12.8. The second-order valence-electron chi connectivity index (χ2n) is 5.73. The van der Waals surface area contributed by atoms with E-state index in [4.69, 9.17) is 16.7 Å². The highest BCUT2D eigenvalue weighted by Gasteiger charge is 2.25. The second-order valence-corrected chi connectivity index (χ2v) is 6.12. The minimum absolute atomic E-state index is 0.0513. The van der Waals surface area contributed by atoms with Crippen molar-refractivity contribution in [3.05, 3.63) is 23.2 Å². The van der Waals surface area contributed by atoms with Gasteiger partial charge in [-0.25, -0.2) is 9.97 Å². The number of halogens is 1. The molecule has 110 valence electrons. The highest BCUT2D eigenvalue weighted by Crippen LogP contribution is 2.24. The number of hydrogen-bond donors (Lipinski definition) is 2. The average molecular weight is 300 g/mol. The Morgan fingerprint density at radius 1 is 1.35 bits per heavy atom. The van der Waals surface area contributed by atoms with Crippen molar-refractivity contribution in [3.8, 4) is 0 Å². The Morgan fingerprint density at radius 3 is 2.45 bits per heavy atom. The summed E-state index contributed by atoms with van der Waals surface area (Å²) < 4.78 is 0. The van der Waals surface area contributed by atoms with Crippen molar-refractivity contribution in [1.82, 2.24) is 15.3 Å². The van der Waals surface area contributed by atoms with Crippen LogP contribution in [-0.2, 0) is 4.79 Å². The molecule has 0 aliphatic carbocycles. The quantitative estimate of drug-likeness (QED) is 0.867. The Balaban J connectivity index is 2.61. The van der Waals surface area contributed by atoms with Gasteiger partial charge in [-0.1, -0.05) is 32.4 Å². The second kappa shape index (κ2) is 6.65. The third-order valence-corrected chi connectivity index (χ3v) is 2.77. The van der Waals surface area contributed by atoms with Crippen LogP contribution in [0.25, 0.3) is 0 Å². The first-order chi connectivity index (χ1) is 9.19. The Labute approximate surface area is 122 Å². The standard InChI is InChI=1S/C13H18ClN3O3/c1-13(2,3)4-8(12(19)20)5-17-11(18)9-6-16-10(14)7-15-9/h6-8H,4-5H2,1-3H3,(H,17,18)(H,19,20). The first-order valence-electron chi connectivity index (χ1n) is 6.17. The largest absolute Gasteiger partial charge is 0.481 e. The van der Waals surface area contributed by atoms with Crippen LogP contribution >= 0.6 is 11.6 Å². The molecule has 2 N–H and O–H groups in total. The number of nitrogens with zero attached hydrogens (tertiary/aromatic N) is 2. The molecule has 20 heavy (non-hydrogen) atoms. The van der Waals surface area contributed by atoms with Gasteiger partial charge in [0.25, 0.3) is 5.91 Å². The molecular weight excluding hydrogens is 282 g/mol. The summed E-state index contributed by atoms with van der Waals surface area (Å²) in [7, 11) is 0. The number of aromatic nitrogens is 2. The fourth-order valence-electron chi connectivity index (χ4n) is 1.72. The van der Waals surface area contributed by atoms with E-state index < -0.39 is 17.8 Å². The number of nitrogens with one attached hydrogen (secondary N) is 1. The predicted octanol–water partition coefficient (Wildman–Crippen LogP) is 2.00. The van der Waals surface area contributed by atoms with Crippen LogP contribution in [0, 0.1) is 11.3 Å². The monoisotopic (exact) mass is 299 g/mol. The third-order valence-electron chi connectivity index (χ3n) is 2.57. The van der Waals surface area contributed by atoms with Gasteiger partial charge < -0.3 is 10.4 Å². The zero-order valence-corrected chi connectivity index (χ0v) is 12.4. The Kier molecular flexibility index (Phi) is 5.44. The molecule has 6 nitrogen and oxygen atoms in total. The minimum atomic E-state index is -0.928. The van der Waals surface area contributed by atoms with E-state index in [-0.39, 0.29) is 22.8 Å². The number of hydrogen-bond acceptors (Lipinski definition) is 4. The summed E-state index contributed by atoms with van der Waals surface area (Å²) in [6, 6.07) is 0. The first-order valence-corrected chi connectivity index (χ1v) is 6.55. The van der Waals surface area contributed by atoms with Gasteiger partial charge in [-0.15, -0.1) is 0 Å². The number of amides is 1. The number of aliphatic carboxylic acids is 1. The number of carbonyl (C=O) groups excluding carboxylic acids is 1. The number of rotatable bonds is 5. The van der Waals surface area contributed by atoms with E-state index in [2.05, 4.69) is 15.3 Å². The van der Waals surface area contributed by atoms with Crippen LogP contribution in [-0.4, -0.2) is 33.5 Å². The van der Waals surface area contributed by atoms with Gasteiger partial charge >= 0.3 is 5.97 Å². The van der Waals surface area contributed by atoms with E-state index in [9.17, 15) is 9.59 Å². The summed E-state index contributed by atoms with van der Waals surface area (Å²) in [6.45, 7) is 5.91. The molecule has 0 radical (unpaired) electrons. The molecule has 1 unspecified atom stereocenters. The fraction of sp³-hybridized carbons (Fsp3) is 0.538. The topological polar surface area (TPSA) is 92.2 Å². The Morgan fingerprint density at radius 2 is 2.00 bits per heavy atom. The molecule has 1 aromatic rings. The van der Waals surface area contributed by atoms with Crippen LogP contribution in [0.4, 0.5) is 0 Å². The molecule has 1 aromatic heterocycles. The molecule has 1 rings (SSSR count). The third kappa shape index (κ3) is 5.52. The summed E-state index contributed by atoms with van der Waals surface area (Å²) in [5, 5.41) is 11.9. The maximum absolute atomic E-state index is 11.8. The number of carbonyl (C=O) groups is 2. The molecule has 0 spiro atoms. The van der Waals surface area contributed by atoms with Gasteiger partial charge in [-0.2, -0.15) is 0 Å². The smallest absolute Gasteiger partial charge is 0.308 e. The van der Waals surface area contributed by atoms with Gasteiger partial charge in [0.2, 0.25) is 0 Å². The molecule has 7 heteroatoms. The van der Waals surface area contributed by atoms with Crippen LogP contribution in [0.15, 0.2) is 12.4 Å². The fourth-order valence-corrected chi connectivity index (χ4v) is 1.82. The molecule has 1 heterocycles. The van der Waals surface area contributed by atoms with E-state index >= 15 is 0 Å². The lowest BCUT2D eigenvalue weighted by molar-refractivity contribution is -0.142. The predicted molar refractivity (Wildman–Crippen MR) is 74.6 cm³/mol. The molecule has 0 aliphatic heterocycles. The summed E-state index contributed by atoms with van der Waals surface area (Å²) >= 11 is 5.58. The zero-order valence-electron chi connectivity index (χ0n) is 11.7. The maximum atomic E-state index is 11.8. The van der Waals surface area contributed by atoms with Crippen molar-refractivity contribution in [1.29, 1.82) is 0 Å². The molecule has 0 fully saturated rings. The Bertz CT molecular complexity index is 483. The SMILES string of the molecule is CC(C)(C)CC(CNC(=O)c1cnc(Cl)cn1)C(=O)O. The highest BCUT2D eigenvalue weighted by molar-refractivity contribution is 6.29. The molecule has 1 atom stereocenters. The van der Waals surface area contributed by atoms with Gasteiger partial charge in [0.05, 0.1) is 18.3 Å². The first kappa shape index (κ1) is 16.4. The van der Waals surface area contributed by atoms with Crippen molar-refractivity contribution in [2.24, 2.45) is 11.3 Å². The van der Waals surface area contributed by atoms with Crippen LogP contribution in [0.3, 0.4) is 0 Å². The summed E-state index contributed by atoms with van der Waals surface area (Å²) in [5.41, 5.74) is -0.0253. The van der Waals surface area contributed by atoms with Gasteiger partial charge in [0.1, 0.15) is 10.8 Å².